The minimum absolute atomic E-state index is 0.204. The lowest BCUT2D eigenvalue weighted by atomic mass is 9.98. The summed E-state index contributed by atoms with van der Waals surface area (Å²) in [6.45, 7) is 2.54. The van der Waals surface area contributed by atoms with Crippen LogP contribution in [-0.2, 0) is 6.54 Å². The second kappa shape index (κ2) is 11.3. The van der Waals surface area contributed by atoms with Gasteiger partial charge in [0.15, 0.2) is 0 Å². The first kappa shape index (κ1) is 25.9. The van der Waals surface area contributed by atoms with E-state index in [1.165, 1.54) is 0 Å². The van der Waals surface area contributed by atoms with Gasteiger partial charge in [0.2, 0.25) is 11.8 Å². The Bertz CT molecular complexity index is 1390. The van der Waals surface area contributed by atoms with Crippen molar-refractivity contribution in [1.82, 2.24) is 15.3 Å². The van der Waals surface area contributed by atoms with Crippen LogP contribution in [0.3, 0.4) is 0 Å². The second-order valence-electron chi connectivity index (χ2n) is 8.31. The number of ether oxygens (including phenoxy) is 2. The normalized spacial score (nSPS) is 11.9. The molecular formula is C28H28Cl2N4O2. The van der Waals surface area contributed by atoms with Gasteiger partial charge >= 0.3 is 0 Å². The molecule has 0 unspecified atom stereocenters. The third kappa shape index (κ3) is 5.04. The van der Waals surface area contributed by atoms with Gasteiger partial charge in [-0.1, -0.05) is 65.7 Å². The Hall–Kier alpha value is -3.16. The van der Waals surface area contributed by atoms with Gasteiger partial charge in [-0.25, -0.2) is 9.97 Å². The number of nitrogens with one attached hydrogen (secondary N) is 1. The zero-order valence-electron chi connectivity index (χ0n) is 20.6. The average Bonchev–Trinajstić information content (AvgIpc) is 2.89. The molecule has 0 bridgehead atoms. The molecule has 0 aliphatic rings. The fraction of sp³-hybridized carbons (Fsp3) is 0.214. The molecule has 1 atom stereocenters. The van der Waals surface area contributed by atoms with E-state index in [0.29, 0.717) is 39.7 Å². The Morgan fingerprint density at radius 1 is 0.778 bits per heavy atom. The fourth-order valence-corrected chi connectivity index (χ4v) is 4.76. The Morgan fingerprint density at radius 3 is 1.78 bits per heavy atom. The number of rotatable bonds is 8. The van der Waals surface area contributed by atoms with Crippen LogP contribution in [0.25, 0.3) is 33.6 Å². The Labute approximate surface area is 221 Å². The Kier molecular flexibility index (Phi) is 8.11. The maximum absolute atomic E-state index is 6.95. The average molecular weight is 523 g/mol. The standard InChI is InChI=1S/C28H28Cl2N4O2/c1-16(31)18-12-14-24(34-28(18)36-4)22-10-6-8-20(26(22)30)19-7-5-9-21(25(19)29)23-13-11-17(15-32-2)27(33-23)35-3/h5-14,16,32H,15,31H2,1-4H3/t16-/m0/s1. The summed E-state index contributed by atoms with van der Waals surface area (Å²) < 4.78 is 11.0. The van der Waals surface area contributed by atoms with Crippen molar-refractivity contribution in [2.75, 3.05) is 21.3 Å². The first-order valence-electron chi connectivity index (χ1n) is 11.5. The summed E-state index contributed by atoms with van der Waals surface area (Å²) in [5.74, 6) is 1.03. The number of halogens is 2. The predicted octanol–water partition coefficient (Wildman–Crippen LogP) is 6.54. The quantitative estimate of drug-likeness (QED) is 0.273. The molecule has 0 spiro atoms. The third-order valence-corrected chi connectivity index (χ3v) is 6.73. The highest BCUT2D eigenvalue weighted by molar-refractivity contribution is 6.39. The van der Waals surface area contributed by atoms with E-state index >= 15 is 0 Å². The molecule has 0 saturated carbocycles. The second-order valence-corrected chi connectivity index (χ2v) is 9.07. The summed E-state index contributed by atoms with van der Waals surface area (Å²) in [6.07, 6.45) is 0. The number of pyridine rings is 2. The SMILES string of the molecule is CNCc1ccc(-c2cccc(-c3cccc(-c4ccc([C@H](C)N)c(OC)n4)c3Cl)c2Cl)nc1OC. The lowest BCUT2D eigenvalue weighted by Gasteiger charge is -2.16. The van der Waals surface area contributed by atoms with E-state index in [-0.39, 0.29) is 6.04 Å². The van der Waals surface area contributed by atoms with Crippen molar-refractivity contribution in [2.24, 2.45) is 5.73 Å². The molecule has 36 heavy (non-hydrogen) atoms. The third-order valence-electron chi connectivity index (χ3n) is 5.91. The highest BCUT2D eigenvalue weighted by Crippen LogP contribution is 2.42. The van der Waals surface area contributed by atoms with Crippen molar-refractivity contribution in [3.8, 4) is 45.4 Å². The number of aromatic nitrogens is 2. The largest absolute Gasteiger partial charge is 0.481 e. The summed E-state index contributed by atoms with van der Waals surface area (Å²) in [5.41, 5.74) is 12.4. The van der Waals surface area contributed by atoms with E-state index in [1.807, 2.05) is 74.6 Å². The molecule has 2 heterocycles. The van der Waals surface area contributed by atoms with E-state index in [0.717, 1.165) is 33.4 Å². The van der Waals surface area contributed by atoms with Gasteiger partial charge in [-0.05, 0) is 32.2 Å². The minimum Gasteiger partial charge on any atom is -0.481 e. The molecule has 4 rings (SSSR count). The lowest BCUT2D eigenvalue weighted by Crippen LogP contribution is -2.08. The van der Waals surface area contributed by atoms with Gasteiger partial charge in [0.1, 0.15) is 0 Å². The van der Waals surface area contributed by atoms with Crippen LogP contribution in [0.2, 0.25) is 10.0 Å². The fourth-order valence-electron chi connectivity index (χ4n) is 4.11. The number of nitrogens with zero attached hydrogens (tertiary/aromatic N) is 2. The van der Waals surface area contributed by atoms with Crippen LogP contribution in [0.15, 0.2) is 60.7 Å². The van der Waals surface area contributed by atoms with E-state index in [9.17, 15) is 0 Å². The molecule has 0 aliphatic carbocycles. The van der Waals surface area contributed by atoms with Crippen LogP contribution in [0.5, 0.6) is 11.8 Å². The molecule has 0 saturated heterocycles. The Balaban J connectivity index is 1.80. The highest BCUT2D eigenvalue weighted by atomic mass is 35.5. The van der Waals surface area contributed by atoms with Crippen LogP contribution in [0.4, 0.5) is 0 Å². The first-order chi connectivity index (χ1) is 17.4. The summed E-state index contributed by atoms with van der Waals surface area (Å²) in [4.78, 5) is 9.35. The lowest BCUT2D eigenvalue weighted by molar-refractivity contribution is 0.390. The van der Waals surface area contributed by atoms with Crippen molar-refractivity contribution in [1.29, 1.82) is 0 Å². The zero-order chi connectivity index (χ0) is 25.8. The molecular weight excluding hydrogens is 495 g/mol. The maximum atomic E-state index is 6.95. The topological polar surface area (TPSA) is 82.3 Å². The number of benzene rings is 2. The molecule has 0 amide bonds. The molecule has 2 aromatic heterocycles. The van der Waals surface area contributed by atoms with Crippen LogP contribution in [0.1, 0.15) is 24.1 Å². The van der Waals surface area contributed by atoms with Gasteiger partial charge in [-0.3, -0.25) is 0 Å². The summed E-state index contributed by atoms with van der Waals surface area (Å²) >= 11 is 13.9. The molecule has 2 aromatic carbocycles. The predicted molar refractivity (Wildman–Crippen MR) is 147 cm³/mol. The van der Waals surface area contributed by atoms with E-state index in [1.54, 1.807) is 14.2 Å². The van der Waals surface area contributed by atoms with Gasteiger partial charge in [-0.15, -0.1) is 0 Å². The van der Waals surface area contributed by atoms with Gasteiger partial charge in [0, 0.05) is 46.0 Å². The summed E-state index contributed by atoms with van der Waals surface area (Å²) in [6, 6.07) is 19.1. The van der Waals surface area contributed by atoms with Crippen molar-refractivity contribution in [3.63, 3.8) is 0 Å². The van der Waals surface area contributed by atoms with E-state index < -0.39 is 0 Å². The number of nitrogens with two attached hydrogens (primary N) is 1. The number of hydrogen-bond acceptors (Lipinski definition) is 6. The van der Waals surface area contributed by atoms with Crippen LogP contribution < -0.4 is 20.5 Å². The monoisotopic (exact) mass is 522 g/mol. The van der Waals surface area contributed by atoms with Crippen molar-refractivity contribution >= 4 is 23.2 Å². The van der Waals surface area contributed by atoms with Crippen LogP contribution >= 0.6 is 23.2 Å². The molecule has 0 fully saturated rings. The highest BCUT2D eigenvalue weighted by Gasteiger charge is 2.18. The maximum Gasteiger partial charge on any atom is 0.218 e. The van der Waals surface area contributed by atoms with Crippen LogP contribution in [0, 0.1) is 0 Å². The Morgan fingerprint density at radius 2 is 1.28 bits per heavy atom. The number of methoxy groups -OCH3 is 2. The van der Waals surface area contributed by atoms with Crippen LogP contribution in [-0.4, -0.2) is 31.2 Å². The summed E-state index contributed by atoms with van der Waals surface area (Å²) in [5, 5.41) is 4.20. The number of hydrogen-bond donors (Lipinski definition) is 2. The molecule has 6 nitrogen and oxygen atoms in total. The van der Waals surface area contributed by atoms with Gasteiger partial charge in [0.25, 0.3) is 0 Å². The summed E-state index contributed by atoms with van der Waals surface area (Å²) in [7, 11) is 5.07. The minimum atomic E-state index is -0.204. The van der Waals surface area contributed by atoms with Crippen molar-refractivity contribution < 1.29 is 9.47 Å². The van der Waals surface area contributed by atoms with E-state index in [2.05, 4.69) is 10.3 Å². The zero-order valence-corrected chi connectivity index (χ0v) is 22.1. The smallest absolute Gasteiger partial charge is 0.218 e. The van der Waals surface area contributed by atoms with Gasteiger partial charge in [-0.2, -0.15) is 0 Å². The van der Waals surface area contributed by atoms with Crippen molar-refractivity contribution in [2.45, 2.75) is 19.5 Å². The molecule has 3 N–H and O–H groups in total. The molecule has 8 heteroatoms. The molecule has 0 radical (unpaired) electrons. The van der Waals surface area contributed by atoms with E-state index in [4.69, 9.17) is 43.4 Å². The molecule has 186 valence electrons. The first-order valence-corrected chi connectivity index (χ1v) is 12.2. The van der Waals surface area contributed by atoms with Crippen molar-refractivity contribution in [3.05, 3.63) is 81.8 Å². The molecule has 0 aliphatic heterocycles. The molecule has 4 aromatic rings. The van der Waals surface area contributed by atoms with Gasteiger partial charge < -0.3 is 20.5 Å². The van der Waals surface area contributed by atoms with Gasteiger partial charge in [0.05, 0.1) is 35.7 Å².